The second-order valence-electron chi connectivity index (χ2n) is 10.1. The molecule has 35 heavy (non-hydrogen) atoms. The van der Waals surface area contributed by atoms with Crippen molar-refractivity contribution in [2.45, 2.75) is 44.7 Å². The number of carbonyl (C=O) groups excluding carboxylic acids is 3. The SMILES string of the molecule is CC(C)(C)c1ccc(C2(C)NC(=O)N(CC(=O)NC(c3ccccc3)c3ccccc3)C2=O)cc1. The monoisotopic (exact) mass is 469 g/mol. The van der Waals surface area contributed by atoms with Crippen molar-refractivity contribution in [1.29, 1.82) is 0 Å². The molecular formula is C29H31N3O3. The number of imide groups is 1. The quantitative estimate of drug-likeness (QED) is 0.516. The average Bonchev–Trinajstić information content (AvgIpc) is 3.07. The van der Waals surface area contributed by atoms with Crippen LogP contribution in [0.1, 0.15) is 56.0 Å². The van der Waals surface area contributed by atoms with Gasteiger partial charge >= 0.3 is 6.03 Å². The average molecular weight is 470 g/mol. The van der Waals surface area contributed by atoms with E-state index < -0.39 is 29.4 Å². The van der Waals surface area contributed by atoms with E-state index in [0.717, 1.165) is 21.6 Å². The normalized spacial score (nSPS) is 18.0. The maximum absolute atomic E-state index is 13.3. The fourth-order valence-corrected chi connectivity index (χ4v) is 4.34. The summed E-state index contributed by atoms with van der Waals surface area (Å²) < 4.78 is 0. The zero-order valence-electron chi connectivity index (χ0n) is 20.5. The first-order valence-electron chi connectivity index (χ1n) is 11.7. The lowest BCUT2D eigenvalue weighted by atomic mass is 9.84. The highest BCUT2D eigenvalue weighted by Gasteiger charge is 2.49. The maximum Gasteiger partial charge on any atom is 0.325 e. The highest BCUT2D eigenvalue weighted by molar-refractivity contribution is 6.09. The first kappa shape index (κ1) is 24.2. The molecule has 0 aromatic heterocycles. The summed E-state index contributed by atoms with van der Waals surface area (Å²) in [5.41, 5.74) is 2.37. The Labute approximate surface area is 206 Å². The molecule has 1 fully saturated rings. The van der Waals surface area contributed by atoms with Gasteiger partial charge in [-0.15, -0.1) is 0 Å². The lowest BCUT2D eigenvalue weighted by Gasteiger charge is -2.25. The van der Waals surface area contributed by atoms with Gasteiger partial charge in [0.05, 0.1) is 6.04 Å². The van der Waals surface area contributed by atoms with E-state index in [9.17, 15) is 14.4 Å². The molecule has 0 spiro atoms. The van der Waals surface area contributed by atoms with E-state index in [1.165, 1.54) is 0 Å². The standard InChI is InChI=1S/C29H31N3O3/c1-28(2,3)22-15-17-23(18-16-22)29(4)26(34)32(27(35)31-29)19-24(33)30-25(20-11-7-5-8-12-20)21-13-9-6-10-14-21/h5-18,25H,19H2,1-4H3,(H,30,33)(H,31,35). The molecule has 0 saturated carbocycles. The Morgan fingerprint density at radius 1 is 0.886 bits per heavy atom. The minimum Gasteiger partial charge on any atom is -0.344 e. The van der Waals surface area contributed by atoms with Crippen LogP contribution in [0.25, 0.3) is 0 Å². The van der Waals surface area contributed by atoms with Gasteiger partial charge in [0.2, 0.25) is 5.91 Å². The van der Waals surface area contributed by atoms with Gasteiger partial charge in [0, 0.05) is 0 Å². The van der Waals surface area contributed by atoms with Crippen LogP contribution in [0.4, 0.5) is 4.79 Å². The highest BCUT2D eigenvalue weighted by atomic mass is 16.2. The predicted octanol–water partition coefficient (Wildman–Crippen LogP) is 4.66. The van der Waals surface area contributed by atoms with Crippen LogP contribution in [-0.4, -0.2) is 29.3 Å². The Balaban J connectivity index is 1.52. The molecule has 2 N–H and O–H groups in total. The van der Waals surface area contributed by atoms with E-state index >= 15 is 0 Å². The molecule has 1 unspecified atom stereocenters. The third-order valence-corrected chi connectivity index (χ3v) is 6.48. The zero-order chi connectivity index (χ0) is 25.2. The number of carbonyl (C=O) groups is 3. The molecule has 3 aromatic carbocycles. The van der Waals surface area contributed by atoms with Crippen molar-refractivity contribution in [1.82, 2.24) is 15.5 Å². The highest BCUT2D eigenvalue weighted by Crippen LogP contribution is 2.31. The summed E-state index contributed by atoms with van der Waals surface area (Å²) in [6.07, 6.45) is 0. The third kappa shape index (κ3) is 4.97. The van der Waals surface area contributed by atoms with Crippen LogP contribution >= 0.6 is 0 Å². The van der Waals surface area contributed by atoms with Crippen LogP contribution in [0, 0.1) is 0 Å². The molecule has 3 aromatic rings. The van der Waals surface area contributed by atoms with E-state index in [1.54, 1.807) is 6.92 Å². The molecule has 0 bridgehead atoms. The molecule has 6 nitrogen and oxygen atoms in total. The Hall–Kier alpha value is -3.93. The second kappa shape index (κ2) is 9.37. The molecule has 1 heterocycles. The number of urea groups is 1. The number of hydrogen-bond donors (Lipinski definition) is 2. The van der Waals surface area contributed by atoms with Gasteiger partial charge in [0.1, 0.15) is 12.1 Å². The summed E-state index contributed by atoms with van der Waals surface area (Å²) in [5.74, 6) is -0.865. The van der Waals surface area contributed by atoms with Crippen LogP contribution in [0.2, 0.25) is 0 Å². The minimum absolute atomic E-state index is 0.0272. The summed E-state index contributed by atoms with van der Waals surface area (Å²) >= 11 is 0. The summed E-state index contributed by atoms with van der Waals surface area (Å²) in [7, 11) is 0. The van der Waals surface area contributed by atoms with Crippen LogP contribution < -0.4 is 10.6 Å². The maximum atomic E-state index is 13.3. The predicted molar refractivity (Wildman–Crippen MR) is 136 cm³/mol. The van der Waals surface area contributed by atoms with Gasteiger partial charge < -0.3 is 10.6 Å². The Bertz CT molecular complexity index is 1180. The van der Waals surface area contributed by atoms with Crippen molar-refractivity contribution in [3.63, 3.8) is 0 Å². The molecule has 1 atom stereocenters. The van der Waals surface area contributed by atoms with Gasteiger partial charge in [-0.25, -0.2) is 4.79 Å². The van der Waals surface area contributed by atoms with Crippen molar-refractivity contribution < 1.29 is 14.4 Å². The van der Waals surface area contributed by atoms with Crippen LogP contribution in [0.15, 0.2) is 84.9 Å². The van der Waals surface area contributed by atoms with E-state index in [1.807, 2.05) is 84.9 Å². The molecule has 6 heteroatoms. The van der Waals surface area contributed by atoms with Gasteiger partial charge in [-0.3, -0.25) is 14.5 Å². The number of nitrogens with one attached hydrogen (secondary N) is 2. The van der Waals surface area contributed by atoms with Crippen LogP contribution in [-0.2, 0) is 20.5 Å². The third-order valence-electron chi connectivity index (χ3n) is 6.48. The van der Waals surface area contributed by atoms with Gasteiger partial charge in [-0.2, -0.15) is 0 Å². The van der Waals surface area contributed by atoms with Crippen molar-refractivity contribution >= 4 is 17.8 Å². The second-order valence-corrected chi connectivity index (χ2v) is 10.1. The molecule has 180 valence electrons. The lowest BCUT2D eigenvalue weighted by Crippen LogP contribution is -2.44. The number of hydrogen-bond acceptors (Lipinski definition) is 3. The summed E-state index contributed by atoms with van der Waals surface area (Å²) in [4.78, 5) is 40.2. The molecule has 1 saturated heterocycles. The zero-order valence-corrected chi connectivity index (χ0v) is 20.5. The van der Waals surface area contributed by atoms with Crippen LogP contribution in [0.3, 0.4) is 0 Å². The van der Waals surface area contributed by atoms with E-state index in [-0.39, 0.29) is 12.0 Å². The molecule has 1 aliphatic rings. The number of benzene rings is 3. The summed E-state index contributed by atoms with van der Waals surface area (Å²) in [6.45, 7) is 7.66. The van der Waals surface area contributed by atoms with Gasteiger partial charge in [-0.1, -0.05) is 106 Å². The fourth-order valence-electron chi connectivity index (χ4n) is 4.34. The molecule has 0 radical (unpaired) electrons. The lowest BCUT2D eigenvalue weighted by molar-refractivity contribution is -0.135. The summed E-state index contributed by atoms with van der Waals surface area (Å²) in [6, 6.07) is 25.9. The molecule has 4 rings (SSSR count). The Morgan fingerprint density at radius 2 is 1.40 bits per heavy atom. The number of rotatable bonds is 6. The minimum atomic E-state index is -1.23. The van der Waals surface area contributed by atoms with Gasteiger partial charge in [-0.05, 0) is 34.6 Å². The van der Waals surface area contributed by atoms with Gasteiger partial charge in [0.15, 0.2) is 0 Å². The summed E-state index contributed by atoms with van der Waals surface area (Å²) in [5, 5.41) is 5.78. The molecular weight excluding hydrogens is 438 g/mol. The molecule has 0 aliphatic carbocycles. The smallest absolute Gasteiger partial charge is 0.325 e. The Kier molecular flexibility index (Phi) is 6.48. The first-order valence-corrected chi connectivity index (χ1v) is 11.7. The van der Waals surface area contributed by atoms with Crippen molar-refractivity contribution in [3.05, 3.63) is 107 Å². The van der Waals surface area contributed by atoms with Crippen molar-refractivity contribution in [2.24, 2.45) is 0 Å². The molecule has 1 aliphatic heterocycles. The van der Waals surface area contributed by atoms with E-state index in [0.29, 0.717) is 5.56 Å². The first-order chi connectivity index (χ1) is 16.6. The Morgan fingerprint density at radius 3 is 1.89 bits per heavy atom. The number of amides is 4. The van der Waals surface area contributed by atoms with Crippen molar-refractivity contribution in [3.8, 4) is 0 Å². The van der Waals surface area contributed by atoms with E-state index in [2.05, 4.69) is 31.4 Å². The largest absolute Gasteiger partial charge is 0.344 e. The fraction of sp³-hybridized carbons (Fsp3) is 0.276. The topological polar surface area (TPSA) is 78.5 Å². The van der Waals surface area contributed by atoms with E-state index in [4.69, 9.17) is 0 Å². The van der Waals surface area contributed by atoms with Crippen molar-refractivity contribution in [2.75, 3.05) is 6.54 Å². The van der Waals surface area contributed by atoms with Crippen LogP contribution in [0.5, 0.6) is 0 Å². The number of nitrogens with zero attached hydrogens (tertiary/aromatic N) is 1. The molecule has 4 amide bonds. The van der Waals surface area contributed by atoms with Gasteiger partial charge in [0.25, 0.3) is 5.91 Å².